The van der Waals surface area contributed by atoms with Crippen molar-refractivity contribution in [1.29, 1.82) is 0 Å². The van der Waals surface area contributed by atoms with Crippen LogP contribution in [0.1, 0.15) is 82.2 Å². The minimum atomic E-state index is -1.91. The molecule has 0 saturated heterocycles. The van der Waals surface area contributed by atoms with Gasteiger partial charge in [0.2, 0.25) is 5.78 Å². The second-order valence-electron chi connectivity index (χ2n) is 10.6. The zero-order valence-electron chi connectivity index (χ0n) is 21.8. The number of rotatable bonds is 2. The Kier molecular flexibility index (Phi) is 7.48. The molecule has 1 unspecified atom stereocenters. The highest BCUT2D eigenvalue weighted by molar-refractivity contribution is 6.11. The summed E-state index contributed by atoms with van der Waals surface area (Å²) in [6.07, 6.45) is 0.432. The van der Waals surface area contributed by atoms with Crippen LogP contribution in [-0.2, 0) is 25.5 Å². The molecule has 0 saturated carbocycles. The summed E-state index contributed by atoms with van der Waals surface area (Å²) >= 11 is 0. The number of esters is 1. The molecule has 1 aromatic rings. The predicted molar refractivity (Wildman–Crippen MR) is 130 cm³/mol. The third-order valence-corrected chi connectivity index (χ3v) is 5.34. The number of halogens is 1. The topological polar surface area (TPSA) is 104 Å². The molecule has 2 aliphatic rings. The Bertz CT molecular complexity index is 1150. The Hall–Kier alpha value is -3.43. The molecular weight excluding hydrogens is 471 g/mol. The smallest absolute Gasteiger partial charge is 0.419 e. The van der Waals surface area contributed by atoms with Crippen LogP contribution >= 0.6 is 0 Å². The Balaban J connectivity index is 2.28. The number of Topliss-reactive ketones (excluding diaryl/α,β-unsaturated/α-hetero) is 1. The summed E-state index contributed by atoms with van der Waals surface area (Å²) in [5.41, 5.74) is -0.745. The molecule has 1 amide bonds. The van der Waals surface area contributed by atoms with Gasteiger partial charge >= 0.3 is 18.2 Å². The van der Waals surface area contributed by atoms with Crippen molar-refractivity contribution in [3.63, 3.8) is 0 Å². The highest BCUT2D eigenvalue weighted by atomic mass is 19.1. The van der Waals surface area contributed by atoms with Gasteiger partial charge in [-0.3, -0.25) is 4.79 Å². The van der Waals surface area contributed by atoms with E-state index in [2.05, 4.69) is 0 Å². The first-order chi connectivity index (χ1) is 16.6. The van der Waals surface area contributed by atoms with E-state index in [0.717, 1.165) is 6.08 Å². The summed E-state index contributed by atoms with van der Waals surface area (Å²) in [6.45, 7) is 12.0. The van der Waals surface area contributed by atoms with Gasteiger partial charge in [-0.05, 0) is 72.6 Å². The molecule has 0 aromatic carbocycles. The van der Waals surface area contributed by atoms with E-state index in [-0.39, 0.29) is 48.6 Å². The van der Waals surface area contributed by atoms with Gasteiger partial charge < -0.3 is 19.1 Å². The minimum absolute atomic E-state index is 0.0348. The van der Waals surface area contributed by atoms with Crippen LogP contribution in [0.25, 0.3) is 11.6 Å². The molecule has 196 valence electrons. The molecule has 1 aliphatic heterocycles. The number of hydrogen-bond donors (Lipinski definition) is 0. The van der Waals surface area contributed by atoms with E-state index in [0.29, 0.717) is 5.57 Å². The predicted octanol–water partition coefficient (Wildman–Crippen LogP) is 4.91. The number of hydrogen-bond acceptors (Lipinski definition) is 7. The van der Waals surface area contributed by atoms with Crippen molar-refractivity contribution in [1.82, 2.24) is 9.47 Å². The van der Waals surface area contributed by atoms with Gasteiger partial charge in [0.05, 0.1) is 30.1 Å². The Labute approximate surface area is 209 Å². The first kappa shape index (κ1) is 27.2. The molecule has 0 spiro atoms. The van der Waals surface area contributed by atoms with Crippen LogP contribution in [0.4, 0.5) is 14.0 Å². The van der Waals surface area contributed by atoms with Crippen LogP contribution in [0.15, 0.2) is 12.2 Å². The Morgan fingerprint density at radius 2 is 1.67 bits per heavy atom. The lowest BCUT2D eigenvalue weighted by atomic mass is 9.91. The molecular formula is C26H33FN2O7. The molecule has 0 N–H and O–H groups in total. The second-order valence-corrected chi connectivity index (χ2v) is 10.6. The van der Waals surface area contributed by atoms with Gasteiger partial charge in [-0.25, -0.2) is 23.3 Å². The van der Waals surface area contributed by atoms with E-state index >= 15 is 0 Å². The molecule has 1 aliphatic carbocycles. The van der Waals surface area contributed by atoms with E-state index in [4.69, 9.17) is 14.2 Å². The van der Waals surface area contributed by atoms with Crippen LogP contribution < -0.4 is 0 Å². The average Bonchev–Trinajstić information content (AvgIpc) is 2.94. The molecule has 0 radical (unpaired) electrons. The lowest BCUT2D eigenvalue weighted by Gasteiger charge is -2.27. The highest BCUT2D eigenvalue weighted by Crippen LogP contribution is 2.39. The maximum atomic E-state index is 14.6. The van der Waals surface area contributed by atoms with Crippen molar-refractivity contribution < 1.29 is 37.8 Å². The SMILES string of the molecule is CCOC(=O)C=C1CCN(C(=O)OC(C)(C)C)Cc2c1c1c(n2C(=O)OC(C)(C)C)C=CC(F)C1=O. The van der Waals surface area contributed by atoms with Crippen LogP contribution in [0, 0.1) is 0 Å². The van der Waals surface area contributed by atoms with Crippen LogP contribution in [0.5, 0.6) is 0 Å². The number of allylic oxidation sites excluding steroid dienone is 1. The van der Waals surface area contributed by atoms with Crippen molar-refractivity contribution in [2.24, 2.45) is 0 Å². The average molecular weight is 505 g/mol. The number of aromatic nitrogens is 1. The Morgan fingerprint density at radius 1 is 1.06 bits per heavy atom. The monoisotopic (exact) mass is 504 g/mol. The molecule has 2 heterocycles. The molecule has 10 heteroatoms. The minimum Gasteiger partial charge on any atom is -0.463 e. The molecule has 1 atom stereocenters. The lowest BCUT2D eigenvalue weighted by molar-refractivity contribution is -0.137. The fraction of sp³-hybridized carbons (Fsp3) is 0.538. The zero-order chi connectivity index (χ0) is 27.0. The van der Waals surface area contributed by atoms with E-state index in [1.165, 1.54) is 21.6 Å². The number of ketones is 1. The number of carbonyl (C=O) groups excluding carboxylic acids is 4. The normalized spacial score (nSPS) is 18.9. The van der Waals surface area contributed by atoms with E-state index in [9.17, 15) is 23.6 Å². The summed E-state index contributed by atoms with van der Waals surface area (Å²) in [5, 5.41) is 0. The summed E-state index contributed by atoms with van der Waals surface area (Å²) in [5.74, 6) is -1.50. The standard InChI is InChI=1S/C26H33FN2O7/c1-8-34-19(30)13-15-11-12-28(23(32)35-25(2,3)4)14-18-20(15)21-17(10-9-16(27)22(21)31)29(18)24(33)36-26(5,6)7/h9-10,13,16H,8,11-12,14H2,1-7H3. The van der Waals surface area contributed by atoms with Gasteiger partial charge in [-0.2, -0.15) is 0 Å². The third-order valence-electron chi connectivity index (χ3n) is 5.34. The molecule has 9 nitrogen and oxygen atoms in total. The first-order valence-corrected chi connectivity index (χ1v) is 11.9. The van der Waals surface area contributed by atoms with Gasteiger partial charge in [0.25, 0.3) is 0 Å². The number of alkyl halides is 1. The summed E-state index contributed by atoms with van der Waals surface area (Å²) in [7, 11) is 0. The summed E-state index contributed by atoms with van der Waals surface area (Å²) < 4.78 is 31.9. The lowest BCUT2D eigenvalue weighted by Crippen LogP contribution is -2.37. The van der Waals surface area contributed by atoms with Crippen molar-refractivity contribution in [3.8, 4) is 0 Å². The molecule has 0 fully saturated rings. The van der Waals surface area contributed by atoms with Crippen LogP contribution in [-0.4, -0.2) is 63.9 Å². The zero-order valence-corrected chi connectivity index (χ0v) is 21.8. The maximum absolute atomic E-state index is 14.6. The third kappa shape index (κ3) is 5.85. The van der Waals surface area contributed by atoms with Crippen molar-refractivity contribution in [2.75, 3.05) is 13.2 Å². The van der Waals surface area contributed by atoms with Crippen LogP contribution in [0.2, 0.25) is 0 Å². The van der Waals surface area contributed by atoms with E-state index in [1.807, 2.05) is 0 Å². The molecule has 1 aromatic heterocycles. The molecule has 0 bridgehead atoms. The van der Waals surface area contributed by atoms with E-state index < -0.39 is 41.3 Å². The fourth-order valence-corrected chi connectivity index (χ4v) is 4.05. The van der Waals surface area contributed by atoms with Crippen molar-refractivity contribution in [3.05, 3.63) is 34.7 Å². The first-order valence-electron chi connectivity index (χ1n) is 11.9. The number of amides is 1. The van der Waals surface area contributed by atoms with Gasteiger partial charge in [-0.15, -0.1) is 0 Å². The number of carbonyl (C=O) groups is 4. The van der Waals surface area contributed by atoms with Gasteiger partial charge in [-0.1, -0.05) is 0 Å². The maximum Gasteiger partial charge on any atom is 0.419 e. The summed E-state index contributed by atoms with van der Waals surface area (Å²) in [4.78, 5) is 53.2. The number of fused-ring (bicyclic) bond motifs is 3. The number of nitrogens with zero attached hydrogens (tertiary/aromatic N) is 2. The van der Waals surface area contributed by atoms with Gasteiger partial charge in [0.1, 0.15) is 11.2 Å². The van der Waals surface area contributed by atoms with Gasteiger partial charge in [0, 0.05) is 18.2 Å². The molecule has 36 heavy (non-hydrogen) atoms. The van der Waals surface area contributed by atoms with E-state index in [1.54, 1.807) is 48.5 Å². The number of ether oxygens (including phenoxy) is 3. The van der Waals surface area contributed by atoms with Crippen molar-refractivity contribution in [2.45, 2.75) is 78.8 Å². The quantitative estimate of drug-likeness (QED) is 0.320. The van der Waals surface area contributed by atoms with Crippen LogP contribution in [0.3, 0.4) is 0 Å². The van der Waals surface area contributed by atoms with Crippen molar-refractivity contribution >= 4 is 35.6 Å². The second kappa shape index (κ2) is 9.91. The fourth-order valence-electron chi connectivity index (χ4n) is 4.05. The Morgan fingerprint density at radius 3 is 2.25 bits per heavy atom. The largest absolute Gasteiger partial charge is 0.463 e. The molecule has 3 rings (SSSR count). The van der Waals surface area contributed by atoms with Gasteiger partial charge in [0.15, 0.2) is 6.17 Å². The summed E-state index contributed by atoms with van der Waals surface area (Å²) in [6, 6.07) is 0. The highest BCUT2D eigenvalue weighted by Gasteiger charge is 2.39.